The SMILES string of the molecule is Cc1cccc(-n2c(SCC(=O)N[C@@H](C)c3ccc4c(c3)OCCO4)nnc2N2CCOCC2)c1. The zero-order chi connectivity index (χ0) is 24.2. The topological polar surface area (TPSA) is 90.7 Å². The van der Waals surface area contributed by atoms with Crippen molar-refractivity contribution in [3.8, 4) is 17.2 Å². The first-order valence-electron chi connectivity index (χ1n) is 11.8. The Morgan fingerprint density at radius 1 is 1.06 bits per heavy atom. The van der Waals surface area contributed by atoms with E-state index in [0.717, 1.165) is 41.6 Å². The van der Waals surface area contributed by atoms with E-state index in [4.69, 9.17) is 14.2 Å². The van der Waals surface area contributed by atoms with Crippen molar-refractivity contribution in [3.05, 3.63) is 53.6 Å². The fraction of sp³-hybridized carbons (Fsp3) is 0.400. The van der Waals surface area contributed by atoms with Crippen LogP contribution >= 0.6 is 11.8 Å². The molecule has 9 nitrogen and oxygen atoms in total. The summed E-state index contributed by atoms with van der Waals surface area (Å²) in [4.78, 5) is 15.0. The average molecular weight is 496 g/mol. The van der Waals surface area contributed by atoms with Gasteiger partial charge in [0.1, 0.15) is 13.2 Å². The van der Waals surface area contributed by atoms with E-state index in [0.29, 0.717) is 37.3 Å². The zero-order valence-corrected chi connectivity index (χ0v) is 20.7. The number of amides is 1. The molecule has 1 atom stereocenters. The van der Waals surface area contributed by atoms with Crippen LogP contribution < -0.4 is 19.7 Å². The Morgan fingerprint density at radius 2 is 1.86 bits per heavy atom. The van der Waals surface area contributed by atoms with Gasteiger partial charge >= 0.3 is 0 Å². The minimum Gasteiger partial charge on any atom is -0.486 e. The summed E-state index contributed by atoms with van der Waals surface area (Å²) in [5.74, 6) is 2.37. The quantitative estimate of drug-likeness (QED) is 0.500. The van der Waals surface area contributed by atoms with Crippen LogP contribution in [0.1, 0.15) is 24.1 Å². The molecule has 2 aromatic carbocycles. The number of anilines is 1. The largest absolute Gasteiger partial charge is 0.486 e. The van der Waals surface area contributed by atoms with Crippen LogP contribution in [0.3, 0.4) is 0 Å². The van der Waals surface area contributed by atoms with Crippen LogP contribution in [0, 0.1) is 6.92 Å². The van der Waals surface area contributed by atoms with Crippen molar-refractivity contribution in [2.45, 2.75) is 25.0 Å². The standard InChI is InChI=1S/C25H29N5O4S/c1-17-4-3-5-20(14-17)30-24(29-8-10-32-11-9-29)27-28-25(30)35-16-23(31)26-18(2)19-6-7-21-22(15-19)34-13-12-33-21/h3-7,14-15,18H,8-13,16H2,1-2H3,(H,26,31)/t18-/m0/s1. The van der Waals surface area contributed by atoms with E-state index in [2.05, 4.69) is 39.5 Å². The van der Waals surface area contributed by atoms with Gasteiger partial charge in [-0.2, -0.15) is 0 Å². The van der Waals surface area contributed by atoms with Crippen LogP contribution in [-0.2, 0) is 9.53 Å². The van der Waals surface area contributed by atoms with Gasteiger partial charge in [-0.25, -0.2) is 0 Å². The molecule has 1 amide bonds. The monoisotopic (exact) mass is 495 g/mol. The number of rotatable bonds is 7. The molecule has 1 N–H and O–H groups in total. The lowest BCUT2D eigenvalue weighted by molar-refractivity contribution is -0.119. The number of hydrogen-bond acceptors (Lipinski definition) is 8. The molecule has 35 heavy (non-hydrogen) atoms. The molecule has 0 unspecified atom stereocenters. The molecule has 0 saturated carbocycles. The molecule has 0 bridgehead atoms. The van der Waals surface area contributed by atoms with E-state index in [1.165, 1.54) is 11.8 Å². The van der Waals surface area contributed by atoms with Crippen LogP contribution in [0.4, 0.5) is 5.95 Å². The molecule has 0 aliphatic carbocycles. The van der Waals surface area contributed by atoms with E-state index in [-0.39, 0.29) is 17.7 Å². The molecule has 2 aliphatic rings. The third-order valence-corrected chi connectivity index (χ3v) is 6.88. The number of thioether (sulfide) groups is 1. The number of ether oxygens (including phenoxy) is 3. The Labute approximate surface area is 208 Å². The van der Waals surface area contributed by atoms with Gasteiger partial charge in [0, 0.05) is 13.1 Å². The highest BCUT2D eigenvalue weighted by atomic mass is 32.2. The minimum atomic E-state index is -0.169. The van der Waals surface area contributed by atoms with Gasteiger partial charge in [0.2, 0.25) is 11.9 Å². The van der Waals surface area contributed by atoms with Gasteiger partial charge in [0.05, 0.1) is 30.7 Å². The maximum absolute atomic E-state index is 12.8. The summed E-state index contributed by atoms with van der Waals surface area (Å²) < 4.78 is 18.8. The van der Waals surface area contributed by atoms with Gasteiger partial charge in [-0.15, -0.1) is 10.2 Å². The molecule has 184 valence electrons. The van der Waals surface area contributed by atoms with Crippen molar-refractivity contribution in [1.82, 2.24) is 20.1 Å². The number of hydrogen-bond donors (Lipinski definition) is 1. The molecular weight excluding hydrogens is 466 g/mol. The highest BCUT2D eigenvalue weighted by Gasteiger charge is 2.23. The van der Waals surface area contributed by atoms with Crippen LogP contribution in [-0.4, -0.2) is 65.9 Å². The predicted octanol–water partition coefficient (Wildman–Crippen LogP) is 3.15. The highest BCUT2D eigenvalue weighted by Crippen LogP contribution is 2.33. The molecule has 1 aromatic heterocycles. The second kappa shape index (κ2) is 10.6. The second-order valence-electron chi connectivity index (χ2n) is 8.54. The van der Waals surface area contributed by atoms with Crippen molar-refractivity contribution in [1.29, 1.82) is 0 Å². The van der Waals surface area contributed by atoms with E-state index in [9.17, 15) is 4.79 Å². The van der Waals surface area contributed by atoms with Crippen LogP contribution in [0.5, 0.6) is 11.5 Å². The minimum absolute atomic E-state index is 0.0795. The van der Waals surface area contributed by atoms with Gasteiger partial charge in [0.25, 0.3) is 0 Å². The Kier molecular flexibility index (Phi) is 7.10. The van der Waals surface area contributed by atoms with Crippen molar-refractivity contribution < 1.29 is 19.0 Å². The normalized spacial score (nSPS) is 16.1. The lowest BCUT2D eigenvalue weighted by atomic mass is 10.1. The van der Waals surface area contributed by atoms with Crippen molar-refractivity contribution in [2.75, 3.05) is 50.2 Å². The summed E-state index contributed by atoms with van der Waals surface area (Å²) in [6.45, 7) is 7.91. The molecule has 1 fully saturated rings. The smallest absolute Gasteiger partial charge is 0.232 e. The number of carbonyl (C=O) groups excluding carboxylic acids is 1. The lowest BCUT2D eigenvalue weighted by Gasteiger charge is -2.28. The summed E-state index contributed by atoms with van der Waals surface area (Å²) >= 11 is 1.38. The van der Waals surface area contributed by atoms with Crippen molar-refractivity contribution >= 4 is 23.6 Å². The van der Waals surface area contributed by atoms with Crippen LogP contribution in [0.2, 0.25) is 0 Å². The van der Waals surface area contributed by atoms with Crippen molar-refractivity contribution in [3.63, 3.8) is 0 Å². The number of morpholine rings is 1. The molecule has 1 saturated heterocycles. The summed E-state index contributed by atoms with van der Waals surface area (Å²) in [7, 11) is 0. The second-order valence-corrected chi connectivity index (χ2v) is 9.48. The van der Waals surface area contributed by atoms with Crippen LogP contribution in [0.15, 0.2) is 47.6 Å². The summed E-state index contributed by atoms with van der Waals surface area (Å²) in [6.07, 6.45) is 0. The first-order chi connectivity index (χ1) is 17.1. The molecule has 0 radical (unpaired) electrons. The molecule has 3 heterocycles. The Hall–Kier alpha value is -3.24. The highest BCUT2D eigenvalue weighted by molar-refractivity contribution is 7.99. The number of carbonyl (C=O) groups is 1. The molecule has 3 aromatic rings. The number of nitrogens with zero attached hydrogens (tertiary/aromatic N) is 4. The first kappa shape index (κ1) is 23.5. The maximum atomic E-state index is 12.8. The molecule has 0 spiro atoms. The third kappa shape index (κ3) is 5.38. The predicted molar refractivity (Wildman–Crippen MR) is 134 cm³/mol. The van der Waals surface area contributed by atoms with E-state index >= 15 is 0 Å². The lowest BCUT2D eigenvalue weighted by Crippen LogP contribution is -2.37. The van der Waals surface area contributed by atoms with E-state index in [1.54, 1.807) is 0 Å². The summed E-state index contributed by atoms with van der Waals surface area (Å²) in [6, 6.07) is 13.8. The average Bonchev–Trinajstić information content (AvgIpc) is 3.32. The number of benzene rings is 2. The molecule has 5 rings (SSSR count). The van der Waals surface area contributed by atoms with Gasteiger partial charge in [-0.05, 0) is 49.2 Å². The van der Waals surface area contributed by atoms with E-state index in [1.807, 2.05) is 41.8 Å². The van der Waals surface area contributed by atoms with Crippen molar-refractivity contribution in [2.24, 2.45) is 0 Å². The van der Waals surface area contributed by atoms with Gasteiger partial charge in [0.15, 0.2) is 16.7 Å². The Morgan fingerprint density at radius 3 is 2.66 bits per heavy atom. The fourth-order valence-electron chi connectivity index (χ4n) is 4.14. The number of fused-ring (bicyclic) bond motifs is 1. The first-order valence-corrected chi connectivity index (χ1v) is 12.7. The van der Waals surface area contributed by atoms with Crippen LogP contribution in [0.25, 0.3) is 5.69 Å². The van der Waals surface area contributed by atoms with E-state index < -0.39 is 0 Å². The number of aromatic nitrogens is 3. The fourth-order valence-corrected chi connectivity index (χ4v) is 4.90. The third-order valence-electron chi connectivity index (χ3n) is 5.95. The number of aryl methyl sites for hydroxylation is 1. The Balaban J connectivity index is 1.29. The van der Waals surface area contributed by atoms with Gasteiger partial charge in [-0.1, -0.05) is 30.0 Å². The number of nitrogens with one attached hydrogen (secondary N) is 1. The Bertz CT molecular complexity index is 1190. The maximum Gasteiger partial charge on any atom is 0.232 e. The molecule has 2 aliphatic heterocycles. The zero-order valence-electron chi connectivity index (χ0n) is 19.9. The van der Waals surface area contributed by atoms with Gasteiger partial charge < -0.3 is 24.4 Å². The molecular formula is C25H29N5O4S. The summed E-state index contributed by atoms with van der Waals surface area (Å²) in [5, 5.41) is 12.7. The van der Waals surface area contributed by atoms with Gasteiger partial charge in [-0.3, -0.25) is 9.36 Å². The summed E-state index contributed by atoms with van der Waals surface area (Å²) in [5.41, 5.74) is 3.08. The molecule has 10 heteroatoms.